The van der Waals surface area contributed by atoms with Gasteiger partial charge in [0.1, 0.15) is 12.4 Å². The topological polar surface area (TPSA) is 26.3 Å². The van der Waals surface area contributed by atoms with Crippen LogP contribution in [0.1, 0.15) is 34.0 Å². The zero-order chi connectivity index (χ0) is 14.7. The lowest BCUT2D eigenvalue weighted by Crippen LogP contribution is -2.04. The zero-order valence-corrected chi connectivity index (χ0v) is 12.6. The number of hydrogen-bond acceptors (Lipinski definition) is 2. The minimum Gasteiger partial charge on any atom is -0.487 e. The Morgan fingerprint density at radius 3 is 2.50 bits per heavy atom. The summed E-state index contributed by atoms with van der Waals surface area (Å²) >= 11 is 6.18. The number of ether oxygens (including phenoxy) is 1. The van der Waals surface area contributed by atoms with Gasteiger partial charge in [0.25, 0.3) is 0 Å². The van der Waals surface area contributed by atoms with Gasteiger partial charge in [-0.25, -0.2) is 0 Å². The normalized spacial score (nSPS) is 10.4. The molecule has 0 bridgehead atoms. The van der Waals surface area contributed by atoms with E-state index in [1.807, 2.05) is 50.2 Å². The Morgan fingerprint density at radius 2 is 1.80 bits per heavy atom. The van der Waals surface area contributed by atoms with Crippen molar-refractivity contribution in [3.63, 3.8) is 0 Å². The van der Waals surface area contributed by atoms with Crippen LogP contribution in [0, 0.1) is 13.8 Å². The third-order valence-electron chi connectivity index (χ3n) is 3.33. The fourth-order valence-electron chi connectivity index (χ4n) is 2.01. The van der Waals surface area contributed by atoms with E-state index in [4.69, 9.17) is 16.3 Å². The van der Waals surface area contributed by atoms with Gasteiger partial charge in [-0.15, -0.1) is 0 Å². The molecule has 0 spiro atoms. The Kier molecular flexibility index (Phi) is 4.46. The molecule has 0 fully saturated rings. The van der Waals surface area contributed by atoms with E-state index < -0.39 is 0 Å². The molecule has 0 saturated heterocycles. The summed E-state index contributed by atoms with van der Waals surface area (Å²) in [6, 6.07) is 11.3. The van der Waals surface area contributed by atoms with Crippen molar-refractivity contribution in [2.24, 2.45) is 0 Å². The van der Waals surface area contributed by atoms with Crippen LogP contribution in [-0.4, -0.2) is 5.78 Å². The lowest BCUT2D eigenvalue weighted by Gasteiger charge is -2.12. The minimum atomic E-state index is 0.0374. The fourth-order valence-corrected chi connectivity index (χ4v) is 2.28. The van der Waals surface area contributed by atoms with Gasteiger partial charge in [-0.2, -0.15) is 0 Å². The van der Waals surface area contributed by atoms with Crippen molar-refractivity contribution in [2.45, 2.75) is 27.4 Å². The van der Waals surface area contributed by atoms with Gasteiger partial charge in [0.2, 0.25) is 0 Å². The molecule has 0 unspecified atom stereocenters. The second-order valence-electron chi connectivity index (χ2n) is 4.87. The molecule has 2 nitrogen and oxygen atoms in total. The van der Waals surface area contributed by atoms with Crippen molar-refractivity contribution < 1.29 is 9.53 Å². The molecule has 2 aromatic carbocycles. The highest BCUT2D eigenvalue weighted by Gasteiger charge is 2.09. The molecule has 0 atom stereocenters. The molecule has 0 N–H and O–H groups in total. The number of rotatable bonds is 4. The van der Waals surface area contributed by atoms with Crippen LogP contribution in [0.25, 0.3) is 0 Å². The molecule has 0 radical (unpaired) electrons. The first kappa shape index (κ1) is 14.6. The van der Waals surface area contributed by atoms with E-state index in [-0.39, 0.29) is 5.78 Å². The maximum Gasteiger partial charge on any atom is 0.160 e. The number of Topliss-reactive ketones (excluding diaryl/α,β-unsaturated/α-hetero) is 1. The van der Waals surface area contributed by atoms with E-state index >= 15 is 0 Å². The number of ketones is 1. The van der Waals surface area contributed by atoms with E-state index in [0.717, 1.165) is 16.7 Å². The first-order valence-corrected chi connectivity index (χ1v) is 6.85. The molecule has 3 heteroatoms. The summed E-state index contributed by atoms with van der Waals surface area (Å²) in [4.78, 5) is 11.6. The van der Waals surface area contributed by atoms with Crippen LogP contribution in [0.5, 0.6) is 5.75 Å². The van der Waals surface area contributed by atoms with E-state index in [2.05, 4.69) is 0 Å². The summed E-state index contributed by atoms with van der Waals surface area (Å²) in [7, 11) is 0. The summed E-state index contributed by atoms with van der Waals surface area (Å²) < 4.78 is 5.77. The van der Waals surface area contributed by atoms with Crippen molar-refractivity contribution in [2.75, 3.05) is 0 Å². The average molecular weight is 289 g/mol. The molecule has 20 heavy (non-hydrogen) atoms. The van der Waals surface area contributed by atoms with Crippen molar-refractivity contribution in [1.82, 2.24) is 0 Å². The third-order valence-corrected chi connectivity index (χ3v) is 3.62. The Morgan fingerprint density at radius 1 is 1.15 bits per heavy atom. The van der Waals surface area contributed by atoms with E-state index in [1.165, 1.54) is 0 Å². The smallest absolute Gasteiger partial charge is 0.160 e. The Labute approximate surface area is 124 Å². The van der Waals surface area contributed by atoms with Crippen LogP contribution >= 0.6 is 11.6 Å². The van der Waals surface area contributed by atoms with Crippen molar-refractivity contribution in [3.05, 3.63) is 63.7 Å². The van der Waals surface area contributed by atoms with Gasteiger partial charge in [0.15, 0.2) is 5.78 Å². The van der Waals surface area contributed by atoms with Crippen LogP contribution in [-0.2, 0) is 6.61 Å². The summed E-state index contributed by atoms with van der Waals surface area (Å²) in [5.41, 5.74) is 3.82. The molecule has 0 aliphatic carbocycles. The van der Waals surface area contributed by atoms with Crippen LogP contribution in [0.2, 0.25) is 5.02 Å². The van der Waals surface area contributed by atoms with Crippen molar-refractivity contribution in [1.29, 1.82) is 0 Å². The van der Waals surface area contributed by atoms with Gasteiger partial charge in [0.05, 0.1) is 5.02 Å². The summed E-state index contributed by atoms with van der Waals surface area (Å²) in [5, 5.41) is 0.591. The molecule has 0 aromatic heterocycles. The van der Waals surface area contributed by atoms with Crippen LogP contribution in [0.15, 0.2) is 36.4 Å². The first-order chi connectivity index (χ1) is 9.49. The van der Waals surface area contributed by atoms with Crippen LogP contribution in [0.3, 0.4) is 0 Å². The van der Waals surface area contributed by atoms with Gasteiger partial charge in [-0.3, -0.25) is 4.79 Å². The molecule has 104 valence electrons. The highest BCUT2D eigenvalue weighted by Crippen LogP contribution is 2.28. The average Bonchev–Trinajstić information content (AvgIpc) is 2.41. The van der Waals surface area contributed by atoms with Gasteiger partial charge in [0, 0.05) is 11.1 Å². The summed E-state index contributed by atoms with van der Waals surface area (Å²) in [5.74, 6) is 0.684. The predicted octanol–water partition coefficient (Wildman–Crippen LogP) is 4.74. The van der Waals surface area contributed by atoms with Crippen LogP contribution in [0.4, 0.5) is 0 Å². The second kappa shape index (κ2) is 6.10. The molecule has 2 rings (SSSR count). The first-order valence-electron chi connectivity index (χ1n) is 6.47. The molecule has 0 amide bonds. The molecule has 0 heterocycles. The molecule has 0 saturated carbocycles. The van der Waals surface area contributed by atoms with Gasteiger partial charge in [-0.05, 0) is 44.0 Å². The molecular weight excluding hydrogens is 272 g/mol. The molecule has 0 aliphatic rings. The standard InChI is InChI=1S/C17H17ClO2/c1-11-8-16(18)17(9-12(11)2)20-10-14-6-4-5-7-15(14)13(3)19/h4-9H,10H2,1-3H3. The number of benzene rings is 2. The van der Waals surface area contributed by atoms with Gasteiger partial charge < -0.3 is 4.74 Å². The molecule has 0 aliphatic heterocycles. The van der Waals surface area contributed by atoms with Crippen molar-refractivity contribution in [3.8, 4) is 5.75 Å². The predicted molar refractivity (Wildman–Crippen MR) is 81.7 cm³/mol. The van der Waals surface area contributed by atoms with Gasteiger partial charge >= 0.3 is 0 Å². The highest BCUT2D eigenvalue weighted by atomic mass is 35.5. The maximum atomic E-state index is 11.6. The van der Waals surface area contributed by atoms with Crippen molar-refractivity contribution >= 4 is 17.4 Å². The summed E-state index contributed by atoms with van der Waals surface area (Å²) in [6.45, 7) is 5.91. The lowest BCUT2D eigenvalue weighted by molar-refractivity contribution is 0.101. The number of halogens is 1. The zero-order valence-electron chi connectivity index (χ0n) is 11.9. The lowest BCUT2D eigenvalue weighted by atomic mass is 10.1. The number of carbonyl (C=O) groups excluding carboxylic acids is 1. The van der Waals surface area contributed by atoms with E-state index in [0.29, 0.717) is 22.9 Å². The van der Waals surface area contributed by atoms with E-state index in [1.54, 1.807) is 6.92 Å². The molecule has 2 aromatic rings. The maximum absolute atomic E-state index is 11.6. The third kappa shape index (κ3) is 3.20. The Hall–Kier alpha value is -1.80. The highest BCUT2D eigenvalue weighted by molar-refractivity contribution is 6.32. The fraction of sp³-hybridized carbons (Fsp3) is 0.235. The number of hydrogen-bond donors (Lipinski definition) is 0. The minimum absolute atomic E-state index is 0.0374. The van der Waals surface area contributed by atoms with E-state index in [9.17, 15) is 4.79 Å². The number of aryl methyl sites for hydroxylation is 2. The largest absolute Gasteiger partial charge is 0.487 e. The second-order valence-corrected chi connectivity index (χ2v) is 5.28. The monoisotopic (exact) mass is 288 g/mol. The quantitative estimate of drug-likeness (QED) is 0.760. The van der Waals surface area contributed by atoms with Gasteiger partial charge in [-0.1, -0.05) is 35.9 Å². The van der Waals surface area contributed by atoms with Crippen LogP contribution < -0.4 is 4.74 Å². The SMILES string of the molecule is CC(=O)c1ccccc1COc1cc(C)c(C)cc1Cl. The Bertz CT molecular complexity index is 647. The summed E-state index contributed by atoms with van der Waals surface area (Å²) in [6.07, 6.45) is 0. The Balaban J connectivity index is 2.21. The molecular formula is C17H17ClO2. The number of carbonyl (C=O) groups is 1.